The first-order valence-electron chi connectivity index (χ1n) is 7.76. The van der Waals surface area contributed by atoms with Crippen LogP contribution in [0.25, 0.3) is 11.5 Å². The van der Waals surface area contributed by atoms with Crippen molar-refractivity contribution >= 4 is 15.9 Å². The molecule has 0 spiro atoms. The fourth-order valence-corrected chi connectivity index (χ4v) is 2.87. The number of nitrogens with zero attached hydrogens (tertiary/aromatic N) is 4. The van der Waals surface area contributed by atoms with Crippen molar-refractivity contribution in [3.05, 3.63) is 34.6 Å². The van der Waals surface area contributed by atoms with Gasteiger partial charge in [0.15, 0.2) is 0 Å². The topological polar surface area (TPSA) is 54.6 Å². The van der Waals surface area contributed by atoms with Crippen LogP contribution in [0.3, 0.4) is 0 Å². The number of halogens is 1. The summed E-state index contributed by atoms with van der Waals surface area (Å²) in [6.45, 7) is 6.63. The van der Waals surface area contributed by atoms with Crippen LogP contribution in [0.4, 0.5) is 0 Å². The Hall–Kier alpha value is -1.28. The Labute approximate surface area is 144 Å². The zero-order valence-corrected chi connectivity index (χ0v) is 14.8. The lowest BCUT2D eigenvalue weighted by Crippen LogP contribution is -2.46. The molecular formula is C16H21BrN4O2. The van der Waals surface area contributed by atoms with E-state index in [2.05, 4.69) is 35.9 Å². The summed E-state index contributed by atoms with van der Waals surface area (Å²) in [6, 6.07) is 7.88. The average Bonchev–Trinajstić information content (AvgIpc) is 3.03. The second-order valence-electron chi connectivity index (χ2n) is 5.62. The molecule has 0 saturated carbocycles. The largest absolute Gasteiger partial charge is 0.419 e. The molecule has 0 atom stereocenters. The summed E-state index contributed by atoms with van der Waals surface area (Å²) < 4.78 is 12.0. The van der Waals surface area contributed by atoms with E-state index in [1.165, 1.54) is 0 Å². The minimum atomic E-state index is 0.575. The lowest BCUT2D eigenvalue weighted by molar-refractivity contribution is 0.0897. The van der Waals surface area contributed by atoms with Crippen LogP contribution in [0, 0.1) is 0 Å². The van der Waals surface area contributed by atoms with Gasteiger partial charge in [0.25, 0.3) is 0 Å². The van der Waals surface area contributed by atoms with Crippen LogP contribution in [0.2, 0.25) is 0 Å². The highest BCUT2D eigenvalue weighted by Gasteiger charge is 2.19. The first-order valence-corrected chi connectivity index (χ1v) is 8.56. The number of methoxy groups -OCH3 is 1. The van der Waals surface area contributed by atoms with E-state index in [4.69, 9.17) is 9.15 Å². The summed E-state index contributed by atoms with van der Waals surface area (Å²) in [7, 11) is 1.74. The number of piperazine rings is 1. The second-order valence-corrected chi connectivity index (χ2v) is 6.53. The van der Waals surface area contributed by atoms with Gasteiger partial charge in [-0.15, -0.1) is 10.2 Å². The zero-order valence-electron chi connectivity index (χ0n) is 13.2. The number of rotatable bonds is 6. The molecule has 2 heterocycles. The molecule has 1 aliphatic heterocycles. The highest BCUT2D eigenvalue weighted by atomic mass is 79.9. The molecule has 1 fully saturated rings. The van der Waals surface area contributed by atoms with Gasteiger partial charge in [0.05, 0.1) is 13.2 Å². The first-order chi connectivity index (χ1) is 11.2. The Kier molecular flexibility index (Phi) is 5.77. The van der Waals surface area contributed by atoms with E-state index < -0.39 is 0 Å². The Balaban J connectivity index is 1.53. The van der Waals surface area contributed by atoms with E-state index in [0.717, 1.165) is 49.4 Å². The van der Waals surface area contributed by atoms with Crippen molar-refractivity contribution in [3.8, 4) is 11.5 Å². The normalized spacial score (nSPS) is 16.8. The van der Waals surface area contributed by atoms with Crippen molar-refractivity contribution in [3.63, 3.8) is 0 Å². The molecule has 0 aliphatic carbocycles. The third-order valence-corrected chi connectivity index (χ3v) is 4.52. The molecule has 0 unspecified atom stereocenters. The second kappa shape index (κ2) is 8.01. The zero-order chi connectivity index (χ0) is 16.1. The van der Waals surface area contributed by atoms with Gasteiger partial charge in [-0.2, -0.15) is 0 Å². The maximum Gasteiger partial charge on any atom is 0.247 e. The van der Waals surface area contributed by atoms with Crippen LogP contribution in [0.1, 0.15) is 5.89 Å². The summed E-state index contributed by atoms with van der Waals surface area (Å²) in [5.41, 5.74) is 0.941. The fourth-order valence-electron chi connectivity index (χ4n) is 2.61. The standard InChI is InChI=1S/C16H21BrN4O2/c1-22-11-10-20-6-8-21(9-7-20)12-15-18-19-16(23-15)13-2-4-14(17)5-3-13/h2-5H,6-12H2,1H3. The van der Waals surface area contributed by atoms with Crippen LogP contribution in [-0.4, -0.2) is 66.4 Å². The van der Waals surface area contributed by atoms with Gasteiger partial charge >= 0.3 is 0 Å². The fraction of sp³-hybridized carbons (Fsp3) is 0.500. The van der Waals surface area contributed by atoms with Crippen LogP contribution in [0.5, 0.6) is 0 Å². The molecule has 1 aromatic heterocycles. The molecule has 6 nitrogen and oxygen atoms in total. The summed E-state index contributed by atoms with van der Waals surface area (Å²) in [6.07, 6.45) is 0. The quantitative estimate of drug-likeness (QED) is 0.765. The van der Waals surface area contributed by atoms with Gasteiger partial charge in [-0.1, -0.05) is 15.9 Å². The lowest BCUT2D eigenvalue weighted by Gasteiger charge is -2.33. The van der Waals surface area contributed by atoms with Crippen molar-refractivity contribution in [1.29, 1.82) is 0 Å². The van der Waals surface area contributed by atoms with Crippen LogP contribution < -0.4 is 0 Å². The third-order valence-electron chi connectivity index (χ3n) is 3.99. The van der Waals surface area contributed by atoms with Crippen molar-refractivity contribution in [2.45, 2.75) is 6.54 Å². The monoisotopic (exact) mass is 380 g/mol. The van der Waals surface area contributed by atoms with Gasteiger partial charge < -0.3 is 9.15 Å². The van der Waals surface area contributed by atoms with E-state index in [0.29, 0.717) is 18.3 Å². The predicted octanol–water partition coefficient (Wildman–Crippen LogP) is 2.26. The van der Waals surface area contributed by atoms with Gasteiger partial charge in [-0.3, -0.25) is 9.80 Å². The summed E-state index contributed by atoms with van der Waals surface area (Å²) >= 11 is 3.42. The molecule has 124 valence electrons. The predicted molar refractivity (Wildman–Crippen MR) is 91.0 cm³/mol. The molecule has 1 aliphatic rings. The Morgan fingerprint density at radius 1 is 1.09 bits per heavy atom. The molecule has 0 amide bonds. The minimum absolute atomic E-state index is 0.575. The Morgan fingerprint density at radius 2 is 1.78 bits per heavy atom. The maximum absolute atomic E-state index is 5.79. The summed E-state index contributed by atoms with van der Waals surface area (Å²) in [5.74, 6) is 1.25. The molecule has 3 rings (SSSR count). The van der Waals surface area contributed by atoms with Gasteiger partial charge in [-0.05, 0) is 24.3 Å². The first kappa shape index (κ1) is 16.6. The molecule has 0 radical (unpaired) electrons. The number of aromatic nitrogens is 2. The van der Waals surface area contributed by atoms with E-state index in [9.17, 15) is 0 Å². The summed E-state index contributed by atoms with van der Waals surface area (Å²) in [4.78, 5) is 4.77. The molecule has 1 aromatic carbocycles. The molecular weight excluding hydrogens is 360 g/mol. The van der Waals surface area contributed by atoms with Crippen molar-refractivity contribution in [1.82, 2.24) is 20.0 Å². The highest BCUT2D eigenvalue weighted by molar-refractivity contribution is 9.10. The molecule has 0 bridgehead atoms. The Bertz CT molecular complexity index is 609. The number of benzene rings is 1. The summed E-state index contributed by atoms with van der Waals surface area (Å²) in [5, 5.41) is 8.33. The molecule has 2 aromatic rings. The van der Waals surface area contributed by atoms with Gasteiger partial charge in [0.2, 0.25) is 11.8 Å². The van der Waals surface area contributed by atoms with E-state index in [-0.39, 0.29) is 0 Å². The van der Waals surface area contributed by atoms with Crippen LogP contribution >= 0.6 is 15.9 Å². The Morgan fingerprint density at radius 3 is 2.48 bits per heavy atom. The maximum atomic E-state index is 5.79. The van der Waals surface area contributed by atoms with E-state index >= 15 is 0 Å². The molecule has 0 N–H and O–H groups in total. The molecule has 23 heavy (non-hydrogen) atoms. The highest BCUT2D eigenvalue weighted by Crippen LogP contribution is 2.21. The number of ether oxygens (including phenoxy) is 1. The van der Waals surface area contributed by atoms with E-state index in [1.807, 2.05) is 24.3 Å². The number of hydrogen-bond donors (Lipinski definition) is 0. The molecule has 1 saturated heterocycles. The van der Waals surface area contributed by atoms with Crippen LogP contribution in [0.15, 0.2) is 33.2 Å². The van der Waals surface area contributed by atoms with Crippen molar-refractivity contribution in [2.24, 2.45) is 0 Å². The SMILES string of the molecule is COCCN1CCN(Cc2nnc(-c3ccc(Br)cc3)o2)CC1. The molecule has 7 heteroatoms. The third kappa shape index (κ3) is 4.60. The van der Waals surface area contributed by atoms with Crippen molar-refractivity contribution < 1.29 is 9.15 Å². The lowest BCUT2D eigenvalue weighted by atomic mass is 10.2. The van der Waals surface area contributed by atoms with Crippen LogP contribution in [-0.2, 0) is 11.3 Å². The van der Waals surface area contributed by atoms with Gasteiger partial charge in [-0.25, -0.2) is 0 Å². The van der Waals surface area contributed by atoms with Gasteiger partial charge in [0.1, 0.15) is 0 Å². The average molecular weight is 381 g/mol. The van der Waals surface area contributed by atoms with Gasteiger partial charge in [0, 0.05) is 49.9 Å². The van der Waals surface area contributed by atoms with Crippen molar-refractivity contribution in [2.75, 3.05) is 46.4 Å². The van der Waals surface area contributed by atoms with E-state index in [1.54, 1.807) is 7.11 Å². The number of hydrogen-bond acceptors (Lipinski definition) is 6. The smallest absolute Gasteiger partial charge is 0.247 e. The minimum Gasteiger partial charge on any atom is -0.419 e.